The van der Waals surface area contributed by atoms with Crippen molar-refractivity contribution < 1.29 is 37.0 Å². The summed E-state index contributed by atoms with van der Waals surface area (Å²) in [4.78, 5) is 49.4. The fraction of sp³-hybridized carbons (Fsp3) is 0.189. The van der Waals surface area contributed by atoms with E-state index < -0.39 is 24.7 Å². The molecule has 16 heteroatoms. The van der Waals surface area contributed by atoms with E-state index in [1.54, 1.807) is 36.4 Å². The van der Waals surface area contributed by atoms with E-state index in [-0.39, 0.29) is 29.2 Å². The molecule has 2 heterocycles. The van der Waals surface area contributed by atoms with Crippen molar-refractivity contribution in [3.05, 3.63) is 125 Å². The number of nitrogens with zero attached hydrogens (tertiary/aromatic N) is 5. The Morgan fingerprint density at radius 1 is 0.943 bits per heavy atom. The van der Waals surface area contributed by atoms with Crippen LogP contribution < -0.4 is 20.3 Å². The van der Waals surface area contributed by atoms with Gasteiger partial charge in [-0.05, 0) is 67.3 Å². The number of urea groups is 1. The van der Waals surface area contributed by atoms with Crippen LogP contribution in [0.3, 0.4) is 0 Å². The molecule has 0 saturated carbocycles. The van der Waals surface area contributed by atoms with Crippen molar-refractivity contribution in [3.63, 3.8) is 0 Å². The third kappa shape index (κ3) is 9.20. The first-order valence-corrected chi connectivity index (χ1v) is 17.1. The van der Waals surface area contributed by atoms with Gasteiger partial charge in [-0.15, -0.1) is 18.3 Å². The van der Waals surface area contributed by atoms with Crippen LogP contribution >= 0.6 is 11.8 Å². The largest absolute Gasteiger partial charge is 0.573 e. The maximum Gasteiger partial charge on any atom is 0.573 e. The third-order valence-corrected chi connectivity index (χ3v) is 8.82. The fourth-order valence-electron chi connectivity index (χ4n) is 5.66. The van der Waals surface area contributed by atoms with Gasteiger partial charge in [0, 0.05) is 5.56 Å². The number of aromatic nitrogens is 3. The number of carbonyl (C=O) groups is 3. The number of rotatable bonds is 9. The molecule has 4 aromatic carbocycles. The van der Waals surface area contributed by atoms with Gasteiger partial charge in [0.05, 0.1) is 17.1 Å². The van der Waals surface area contributed by atoms with Gasteiger partial charge < -0.3 is 14.8 Å². The Morgan fingerprint density at radius 2 is 1.62 bits per heavy atom. The number of aryl methyl sites for hydroxylation is 3. The van der Waals surface area contributed by atoms with Crippen molar-refractivity contribution >= 4 is 40.6 Å². The Labute approximate surface area is 306 Å². The van der Waals surface area contributed by atoms with E-state index in [4.69, 9.17) is 4.74 Å². The highest BCUT2D eigenvalue weighted by Crippen LogP contribution is 2.33. The van der Waals surface area contributed by atoms with Crippen LogP contribution in [-0.4, -0.2) is 50.1 Å². The SMILES string of the molecule is Cc1cc(C)c(N2C(=O)CSC2=NC(=O)NC(NC(=O)OCc2ccccc2)c2ccc(-c3ncn(-c4ccc(OC(F)(F)F)cc4)n3)cc2)c(C)c1. The van der Waals surface area contributed by atoms with E-state index in [9.17, 15) is 27.6 Å². The first-order valence-electron chi connectivity index (χ1n) is 16.1. The summed E-state index contributed by atoms with van der Waals surface area (Å²) >= 11 is 1.13. The van der Waals surface area contributed by atoms with Crippen LogP contribution in [0.4, 0.5) is 28.4 Å². The number of anilines is 1. The molecule has 1 aliphatic heterocycles. The molecule has 1 aliphatic rings. The van der Waals surface area contributed by atoms with Gasteiger partial charge in [0.2, 0.25) is 5.91 Å². The highest BCUT2D eigenvalue weighted by Gasteiger charge is 2.33. The summed E-state index contributed by atoms with van der Waals surface area (Å²) in [5.41, 5.74) is 5.66. The molecule has 1 saturated heterocycles. The van der Waals surface area contributed by atoms with Crippen molar-refractivity contribution in [2.24, 2.45) is 4.99 Å². The zero-order valence-corrected chi connectivity index (χ0v) is 29.4. The molecule has 272 valence electrons. The number of hydrogen-bond donors (Lipinski definition) is 2. The second-order valence-electron chi connectivity index (χ2n) is 11.9. The Hall–Kier alpha value is -6.16. The molecular weight excluding hydrogens is 712 g/mol. The van der Waals surface area contributed by atoms with Crippen LogP contribution in [0.2, 0.25) is 0 Å². The minimum atomic E-state index is -4.81. The Balaban J connectivity index is 1.21. The van der Waals surface area contributed by atoms with E-state index in [1.165, 1.54) is 40.2 Å². The number of ether oxygens (including phenoxy) is 2. The number of thioether (sulfide) groups is 1. The van der Waals surface area contributed by atoms with Crippen LogP contribution in [0.15, 0.2) is 102 Å². The van der Waals surface area contributed by atoms with Gasteiger partial charge in [-0.1, -0.05) is 84.1 Å². The Bertz CT molecular complexity index is 2140. The van der Waals surface area contributed by atoms with Gasteiger partial charge >= 0.3 is 18.5 Å². The van der Waals surface area contributed by atoms with Crippen LogP contribution in [0.5, 0.6) is 5.75 Å². The molecule has 1 fully saturated rings. The van der Waals surface area contributed by atoms with Gasteiger partial charge in [0.25, 0.3) is 0 Å². The Kier molecular flexibility index (Phi) is 10.8. The summed E-state index contributed by atoms with van der Waals surface area (Å²) in [6, 6.07) is 24.0. The molecule has 0 aliphatic carbocycles. The summed E-state index contributed by atoms with van der Waals surface area (Å²) < 4.78 is 48.3. The van der Waals surface area contributed by atoms with Crippen molar-refractivity contribution in [3.8, 4) is 22.8 Å². The first-order chi connectivity index (χ1) is 25.3. The summed E-state index contributed by atoms with van der Waals surface area (Å²) in [7, 11) is 0. The predicted octanol–water partition coefficient (Wildman–Crippen LogP) is 7.53. The zero-order valence-electron chi connectivity index (χ0n) is 28.5. The first kappa shape index (κ1) is 36.6. The number of carbonyl (C=O) groups excluding carboxylic acids is 3. The maximum atomic E-state index is 13.4. The smallest absolute Gasteiger partial charge is 0.445 e. The standard InChI is InChI=1S/C37H32F3N7O5S/c1-22-17-23(2)31(24(3)18-22)47-30(48)20-53-35(47)44-34(49)42-33(43-36(50)51-19-25-7-5-4-6-8-25)27-11-9-26(10-12-27)32-41-21-46(45-32)28-13-15-29(16-14-28)52-37(38,39)40/h4-18,21,33H,19-20H2,1-3H3,(H,42,49)(H,43,50). The number of aliphatic imine (C=N–C) groups is 1. The lowest BCUT2D eigenvalue weighted by Gasteiger charge is -2.22. The molecule has 0 radical (unpaired) electrons. The monoisotopic (exact) mass is 743 g/mol. The molecule has 0 bridgehead atoms. The van der Waals surface area contributed by atoms with Gasteiger partial charge in [-0.2, -0.15) is 4.99 Å². The van der Waals surface area contributed by atoms with Crippen molar-refractivity contribution in [2.45, 2.75) is 39.9 Å². The molecule has 2 N–H and O–H groups in total. The van der Waals surface area contributed by atoms with Gasteiger partial charge in [-0.3, -0.25) is 15.0 Å². The number of hydrogen-bond acceptors (Lipinski definition) is 8. The van der Waals surface area contributed by atoms with E-state index in [1.807, 2.05) is 51.1 Å². The molecule has 5 aromatic rings. The second kappa shape index (κ2) is 15.6. The Morgan fingerprint density at radius 3 is 2.28 bits per heavy atom. The van der Waals surface area contributed by atoms with E-state index in [2.05, 4.69) is 30.4 Å². The molecule has 6 rings (SSSR count). The normalized spacial score (nSPS) is 14.3. The molecular formula is C37H32F3N7O5S. The molecule has 12 nitrogen and oxygen atoms in total. The molecule has 0 spiro atoms. The van der Waals surface area contributed by atoms with Crippen LogP contribution in [-0.2, 0) is 16.1 Å². The molecule has 1 unspecified atom stereocenters. The predicted molar refractivity (Wildman–Crippen MR) is 193 cm³/mol. The number of amides is 4. The van der Waals surface area contributed by atoms with Crippen molar-refractivity contribution in [1.82, 2.24) is 25.4 Å². The van der Waals surface area contributed by atoms with Gasteiger partial charge in [-0.25, -0.2) is 19.3 Å². The molecule has 53 heavy (non-hydrogen) atoms. The number of halogens is 3. The van der Waals surface area contributed by atoms with Crippen molar-refractivity contribution in [1.29, 1.82) is 0 Å². The summed E-state index contributed by atoms with van der Waals surface area (Å²) in [6.45, 7) is 5.73. The molecule has 1 atom stereocenters. The number of alkyl halides is 3. The summed E-state index contributed by atoms with van der Waals surface area (Å²) in [6.07, 6.45) is -5.31. The number of amidine groups is 1. The lowest BCUT2D eigenvalue weighted by Crippen LogP contribution is -2.41. The number of benzene rings is 4. The van der Waals surface area contributed by atoms with Crippen LogP contribution in [0, 0.1) is 20.8 Å². The minimum Gasteiger partial charge on any atom is -0.445 e. The highest BCUT2D eigenvalue weighted by atomic mass is 32.2. The van der Waals surface area contributed by atoms with Gasteiger partial charge in [0.15, 0.2) is 11.0 Å². The molecule has 4 amide bonds. The van der Waals surface area contributed by atoms with Crippen molar-refractivity contribution in [2.75, 3.05) is 10.7 Å². The van der Waals surface area contributed by atoms with Crippen LogP contribution in [0.1, 0.15) is 34.0 Å². The molecule has 1 aromatic heterocycles. The third-order valence-electron chi connectivity index (χ3n) is 7.89. The fourth-order valence-corrected chi connectivity index (χ4v) is 6.51. The van der Waals surface area contributed by atoms with E-state index >= 15 is 0 Å². The maximum absolute atomic E-state index is 13.4. The van der Waals surface area contributed by atoms with Crippen LogP contribution in [0.25, 0.3) is 17.1 Å². The minimum absolute atomic E-state index is 0.00997. The summed E-state index contributed by atoms with van der Waals surface area (Å²) in [5, 5.41) is 10.0. The topological polar surface area (TPSA) is 140 Å². The van der Waals surface area contributed by atoms with Gasteiger partial charge in [0.1, 0.15) is 24.8 Å². The zero-order chi connectivity index (χ0) is 37.7. The number of nitrogens with one attached hydrogen (secondary N) is 2. The quantitative estimate of drug-likeness (QED) is 0.148. The number of alkyl carbamates (subject to hydrolysis) is 1. The van der Waals surface area contributed by atoms with E-state index in [0.717, 1.165) is 34.0 Å². The average molecular weight is 744 g/mol. The summed E-state index contributed by atoms with van der Waals surface area (Å²) in [5.74, 6) is -0.170. The van der Waals surface area contributed by atoms with E-state index in [0.29, 0.717) is 28.3 Å². The highest BCUT2D eigenvalue weighted by molar-refractivity contribution is 8.15. The average Bonchev–Trinajstić information content (AvgIpc) is 3.74. The lowest BCUT2D eigenvalue weighted by atomic mass is 10.0. The lowest BCUT2D eigenvalue weighted by molar-refractivity contribution is -0.274. The second-order valence-corrected chi connectivity index (χ2v) is 12.9.